The van der Waals surface area contributed by atoms with E-state index < -0.39 is 23.8 Å². The lowest BCUT2D eigenvalue weighted by Gasteiger charge is -2.37. The molecule has 152 valence electrons. The fraction of sp³-hybridized carbons (Fsp3) is 0.579. The van der Waals surface area contributed by atoms with E-state index >= 15 is 0 Å². The van der Waals surface area contributed by atoms with Crippen LogP contribution < -0.4 is 5.32 Å². The molecule has 1 aliphatic rings. The first-order valence-electron chi connectivity index (χ1n) is 9.06. The number of fused-ring (bicyclic) bond motifs is 1. The highest BCUT2D eigenvalue weighted by Crippen LogP contribution is 2.40. The van der Waals surface area contributed by atoms with Crippen LogP contribution in [0, 0.1) is 5.41 Å². The van der Waals surface area contributed by atoms with Gasteiger partial charge in [0.25, 0.3) is 5.91 Å². The van der Waals surface area contributed by atoms with Gasteiger partial charge < -0.3 is 5.32 Å². The Labute approximate surface area is 161 Å². The second-order valence-electron chi connectivity index (χ2n) is 9.08. The number of nitrogens with zero attached hydrogens (tertiary/aromatic N) is 3. The lowest BCUT2D eigenvalue weighted by molar-refractivity contribution is -0.141. The van der Waals surface area contributed by atoms with Gasteiger partial charge in [-0.15, -0.1) is 0 Å². The standard InChI is InChI=1S/C19H24F3N5O/c1-17(2,3)16-23-9-10-12(7-18(4,5)8-13(10)25-16)24-15(28)11-6-14(27-26-11)19(20,21)22/h6,9,12H,7-8H2,1-5H3,(H,24,28)(H,26,27). The topological polar surface area (TPSA) is 83.6 Å². The first-order valence-corrected chi connectivity index (χ1v) is 9.06. The first-order chi connectivity index (χ1) is 12.8. The van der Waals surface area contributed by atoms with E-state index in [1.165, 1.54) is 0 Å². The van der Waals surface area contributed by atoms with Crippen molar-refractivity contribution < 1.29 is 18.0 Å². The van der Waals surface area contributed by atoms with Crippen molar-refractivity contribution in [2.45, 2.75) is 65.1 Å². The van der Waals surface area contributed by atoms with Gasteiger partial charge in [-0.05, 0) is 18.3 Å². The molecule has 2 aromatic rings. The predicted octanol–water partition coefficient (Wildman–Crippen LogP) is 3.96. The molecule has 2 heterocycles. The minimum absolute atomic E-state index is 0.128. The Hall–Kier alpha value is -2.45. The molecule has 0 fully saturated rings. The van der Waals surface area contributed by atoms with Crippen LogP contribution in [0.3, 0.4) is 0 Å². The molecule has 1 amide bonds. The van der Waals surface area contributed by atoms with E-state index in [0.717, 1.165) is 23.5 Å². The zero-order chi connectivity index (χ0) is 20.9. The number of halogens is 3. The van der Waals surface area contributed by atoms with Crippen LogP contribution in [0.2, 0.25) is 0 Å². The van der Waals surface area contributed by atoms with Crippen molar-refractivity contribution in [3.8, 4) is 0 Å². The quantitative estimate of drug-likeness (QED) is 0.806. The van der Waals surface area contributed by atoms with Crippen molar-refractivity contribution in [2.24, 2.45) is 5.41 Å². The van der Waals surface area contributed by atoms with E-state index in [0.29, 0.717) is 12.5 Å². The van der Waals surface area contributed by atoms with Gasteiger partial charge >= 0.3 is 6.18 Å². The number of alkyl halides is 3. The molecule has 0 bridgehead atoms. The van der Waals surface area contributed by atoms with Gasteiger partial charge in [0.15, 0.2) is 5.69 Å². The molecule has 3 rings (SSSR count). The number of carbonyl (C=O) groups excluding carboxylic acids is 1. The Kier molecular flexibility index (Phi) is 4.75. The van der Waals surface area contributed by atoms with Crippen molar-refractivity contribution in [1.82, 2.24) is 25.5 Å². The largest absolute Gasteiger partial charge is 0.432 e. The number of hydrogen-bond donors (Lipinski definition) is 2. The minimum Gasteiger partial charge on any atom is -0.344 e. The number of rotatable bonds is 2. The second kappa shape index (κ2) is 6.56. The monoisotopic (exact) mass is 395 g/mol. The van der Waals surface area contributed by atoms with Gasteiger partial charge in [0, 0.05) is 28.9 Å². The minimum atomic E-state index is -4.58. The van der Waals surface area contributed by atoms with Crippen LogP contribution in [0.25, 0.3) is 0 Å². The maximum absolute atomic E-state index is 12.7. The zero-order valence-electron chi connectivity index (χ0n) is 16.5. The molecule has 0 spiro atoms. The van der Waals surface area contributed by atoms with Crippen molar-refractivity contribution in [2.75, 3.05) is 0 Å². The third-order valence-corrected chi connectivity index (χ3v) is 4.77. The van der Waals surface area contributed by atoms with Gasteiger partial charge in [-0.2, -0.15) is 18.3 Å². The number of nitrogens with one attached hydrogen (secondary N) is 2. The highest BCUT2D eigenvalue weighted by atomic mass is 19.4. The molecule has 1 unspecified atom stereocenters. The Bertz CT molecular complexity index is 896. The molecule has 9 heteroatoms. The van der Waals surface area contributed by atoms with Gasteiger partial charge in [0.2, 0.25) is 0 Å². The van der Waals surface area contributed by atoms with Crippen molar-refractivity contribution in [1.29, 1.82) is 0 Å². The number of aromatic amines is 1. The van der Waals surface area contributed by atoms with Gasteiger partial charge in [0.1, 0.15) is 11.5 Å². The Morgan fingerprint density at radius 3 is 2.54 bits per heavy atom. The molecule has 0 saturated heterocycles. The summed E-state index contributed by atoms with van der Waals surface area (Å²) in [5.74, 6) is 0.0523. The normalized spacial score (nSPS) is 19.2. The molecule has 0 aliphatic heterocycles. The predicted molar refractivity (Wildman–Crippen MR) is 96.6 cm³/mol. The van der Waals surface area contributed by atoms with E-state index in [2.05, 4.69) is 29.2 Å². The summed E-state index contributed by atoms with van der Waals surface area (Å²) in [5, 5.41) is 8.16. The first kappa shape index (κ1) is 20.3. The second-order valence-corrected chi connectivity index (χ2v) is 9.08. The molecular formula is C19H24F3N5O. The van der Waals surface area contributed by atoms with Crippen LogP contribution in [0.15, 0.2) is 12.3 Å². The van der Waals surface area contributed by atoms with Gasteiger partial charge in [-0.3, -0.25) is 9.89 Å². The van der Waals surface area contributed by atoms with Crippen LogP contribution >= 0.6 is 0 Å². The third kappa shape index (κ3) is 4.18. The summed E-state index contributed by atoms with van der Waals surface area (Å²) in [6.07, 6.45) is -1.50. The van der Waals surface area contributed by atoms with Crippen molar-refractivity contribution >= 4 is 5.91 Å². The summed E-state index contributed by atoms with van der Waals surface area (Å²) in [6, 6.07) is 0.315. The van der Waals surface area contributed by atoms with Crippen LogP contribution in [-0.4, -0.2) is 26.1 Å². The van der Waals surface area contributed by atoms with Crippen LogP contribution in [0.1, 0.15) is 80.3 Å². The molecule has 6 nitrogen and oxygen atoms in total. The average molecular weight is 395 g/mol. The Morgan fingerprint density at radius 2 is 1.96 bits per heavy atom. The zero-order valence-corrected chi connectivity index (χ0v) is 16.5. The van der Waals surface area contributed by atoms with Gasteiger partial charge in [-0.1, -0.05) is 34.6 Å². The van der Waals surface area contributed by atoms with Gasteiger partial charge in [0.05, 0.1) is 6.04 Å². The molecule has 2 N–H and O–H groups in total. The number of aromatic nitrogens is 4. The number of amides is 1. The summed E-state index contributed by atoms with van der Waals surface area (Å²) in [7, 11) is 0. The molecular weight excluding hydrogens is 371 g/mol. The number of H-pyrrole nitrogens is 1. The van der Waals surface area contributed by atoms with Crippen LogP contribution in [-0.2, 0) is 18.0 Å². The highest BCUT2D eigenvalue weighted by Gasteiger charge is 2.37. The summed E-state index contributed by atoms with van der Waals surface area (Å²) in [5.41, 5.74) is -0.0355. The average Bonchev–Trinajstić information content (AvgIpc) is 3.02. The maximum atomic E-state index is 12.7. The maximum Gasteiger partial charge on any atom is 0.432 e. The fourth-order valence-corrected chi connectivity index (χ4v) is 3.35. The summed E-state index contributed by atoms with van der Waals surface area (Å²) in [4.78, 5) is 21.7. The Morgan fingerprint density at radius 1 is 1.29 bits per heavy atom. The summed E-state index contributed by atoms with van der Waals surface area (Å²) < 4.78 is 38.2. The van der Waals surface area contributed by atoms with Crippen LogP contribution in [0.5, 0.6) is 0 Å². The van der Waals surface area contributed by atoms with E-state index in [1.807, 2.05) is 25.9 Å². The van der Waals surface area contributed by atoms with Crippen molar-refractivity contribution in [3.63, 3.8) is 0 Å². The van der Waals surface area contributed by atoms with Gasteiger partial charge in [-0.25, -0.2) is 9.97 Å². The lowest BCUT2D eigenvalue weighted by atomic mass is 9.74. The molecule has 0 saturated carbocycles. The molecule has 28 heavy (non-hydrogen) atoms. The highest BCUT2D eigenvalue weighted by molar-refractivity contribution is 5.92. The molecule has 0 radical (unpaired) electrons. The van der Waals surface area contributed by atoms with E-state index in [4.69, 9.17) is 4.98 Å². The van der Waals surface area contributed by atoms with E-state index in [-0.39, 0.29) is 16.5 Å². The summed E-state index contributed by atoms with van der Waals surface area (Å²) in [6.45, 7) is 10.2. The van der Waals surface area contributed by atoms with Crippen LogP contribution in [0.4, 0.5) is 13.2 Å². The fourth-order valence-electron chi connectivity index (χ4n) is 3.35. The van der Waals surface area contributed by atoms with E-state index in [9.17, 15) is 18.0 Å². The molecule has 1 atom stereocenters. The van der Waals surface area contributed by atoms with Crippen molar-refractivity contribution in [3.05, 3.63) is 40.7 Å². The lowest BCUT2D eigenvalue weighted by Crippen LogP contribution is -2.38. The summed E-state index contributed by atoms with van der Waals surface area (Å²) >= 11 is 0. The molecule has 1 aliphatic carbocycles. The SMILES string of the molecule is CC1(C)Cc2nc(C(C)(C)C)ncc2C(NC(=O)c2cc(C(F)(F)F)[nH]n2)C1. The molecule has 0 aromatic carbocycles. The Balaban J connectivity index is 1.88. The number of hydrogen-bond acceptors (Lipinski definition) is 4. The smallest absolute Gasteiger partial charge is 0.344 e. The third-order valence-electron chi connectivity index (χ3n) is 4.77. The van der Waals surface area contributed by atoms with E-state index in [1.54, 1.807) is 6.20 Å². The number of carbonyl (C=O) groups is 1. The molecule has 2 aromatic heterocycles.